The smallest absolute Gasteiger partial charge is 0.313 e. The van der Waals surface area contributed by atoms with Crippen LogP contribution in [0.3, 0.4) is 0 Å². The lowest BCUT2D eigenvalue weighted by atomic mass is 10.3. The summed E-state index contributed by atoms with van der Waals surface area (Å²) in [6.45, 7) is 7.60. The van der Waals surface area contributed by atoms with Gasteiger partial charge in [0.05, 0.1) is 11.9 Å². The zero-order valence-corrected chi connectivity index (χ0v) is 12.1. The molecule has 20 heavy (non-hydrogen) atoms. The molecule has 6 nitrogen and oxygen atoms in total. The summed E-state index contributed by atoms with van der Waals surface area (Å²) >= 11 is 0. The van der Waals surface area contributed by atoms with Crippen molar-refractivity contribution in [2.75, 3.05) is 31.5 Å². The maximum atomic E-state index is 11.6. The molecule has 110 valence electrons. The summed E-state index contributed by atoms with van der Waals surface area (Å²) in [4.78, 5) is 29.3. The molecule has 2 amide bonds. The van der Waals surface area contributed by atoms with Gasteiger partial charge in [0.15, 0.2) is 0 Å². The first kappa shape index (κ1) is 16.1. The number of rotatable bonds is 7. The average molecular weight is 278 g/mol. The second-order valence-corrected chi connectivity index (χ2v) is 4.33. The molecule has 0 aliphatic heterocycles. The van der Waals surface area contributed by atoms with E-state index in [1.54, 1.807) is 18.3 Å². The molecule has 0 atom stereocenters. The minimum atomic E-state index is -0.666. The first-order valence-electron chi connectivity index (χ1n) is 6.89. The fourth-order valence-electron chi connectivity index (χ4n) is 1.75. The van der Waals surface area contributed by atoms with Crippen molar-refractivity contribution < 1.29 is 9.59 Å². The molecular weight excluding hydrogens is 256 g/mol. The van der Waals surface area contributed by atoms with Crippen molar-refractivity contribution >= 4 is 17.5 Å². The van der Waals surface area contributed by atoms with Crippen molar-refractivity contribution in [2.24, 2.45) is 0 Å². The summed E-state index contributed by atoms with van der Waals surface area (Å²) in [5.41, 5.74) is 0.510. The molecule has 0 aliphatic rings. The molecule has 0 fully saturated rings. The van der Waals surface area contributed by atoms with Crippen LogP contribution in [0, 0.1) is 0 Å². The van der Waals surface area contributed by atoms with E-state index in [4.69, 9.17) is 0 Å². The summed E-state index contributed by atoms with van der Waals surface area (Å²) in [5, 5.41) is 5.10. The van der Waals surface area contributed by atoms with Gasteiger partial charge in [-0.1, -0.05) is 13.8 Å². The Bertz CT molecular complexity index is 418. The van der Waals surface area contributed by atoms with Crippen LogP contribution in [0.2, 0.25) is 0 Å². The molecular formula is C14H22N4O2. The number of carbonyl (C=O) groups is 2. The normalized spacial score (nSPS) is 10.3. The van der Waals surface area contributed by atoms with E-state index >= 15 is 0 Å². The van der Waals surface area contributed by atoms with Gasteiger partial charge < -0.3 is 15.5 Å². The van der Waals surface area contributed by atoms with E-state index in [2.05, 4.69) is 34.4 Å². The van der Waals surface area contributed by atoms with Gasteiger partial charge in [0.1, 0.15) is 0 Å². The van der Waals surface area contributed by atoms with Crippen LogP contribution in [0.4, 0.5) is 5.69 Å². The van der Waals surface area contributed by atoms with Gasteiger partial charge in [0.25, 0.3) is 0 Å². The Kier molecular flexibility index (Phi) is 7.27. The lowest BCUT2D eigenvalue weighted by Crippen LogP contribution is -2.37. The molecule has 0 radical (unpaired) electrons. The van der Waals surface area contributed by atoms with Crippen LogP contribution in [-0.4, -0.2) is 47.9 Å². The number of carbonyl (C=O) groups excluding carboxylic acids is 2. The number of anilines is 1. The number of pyridine rings is 1. The minimum absolute atomic E-state index is 0.496. The van der Waals surface area contributed by atoms with Crippen molar-refractivity contribution in [1.29, 1.82) is 0 Å². The highest BCUT2D eigenvalue weighted by atomic mass is 16.2. The number of nitrogens with zero attached hydrogens (tertiary/aromatic N) is 2. The van der Waals surface area contributed by atoms with E-state index in [9.17, 15) is 9.59 Å². The van der Waals surface area contributed by atoms with Gasteiger partial charge in [0, 0.05) is 12.7 Å². The van der Waals surface area contributed by atoms with Crippen molar-refractivity contribution in [3.8, 4) is 0 Å². The Balaban J connectivity index is 2.24. The quantitative estimate of drug-likeness (QED) is 0.573. The summed E-state index contributed by atoms with van der Waals surface area (Å²) in [6.07, 6.45) is 3.92. The van der Waals surface area contributed by atoms with Gasteiger partial charge in [-0.2, -0.15) is 0 Å². The van der Waals surface area contributed by atoms with Crippen LogP contribution in [-0.2, 0) is 9.59 Å². The van der Waals surface area contributed by atoms with Crippen molar-refractivity contribution in [3.05, 3.63) is 24.5 Å². The number of hydrogen-bond donors (Lipinski definition) is 2. The third-order valence-corrected chi connectivity index (χ3v) is 2.96. The Morgan fingerprint density at radius 1 is 1.25 bits per heavy atom. The zero-order chi connectivity index (χ0) is 14.8. The molecule has 0 saturated heterocycles. The molecule has 0 unspecified atom stereocenters. The molecule has 0 saturated carbocycles. The molecule has 1 rings (SSSR count). The molecule has 1 aromatic heterocycles. The molecule has 0 aliphatic carbocycles. The Hall–Kier alpha value is -1.95. The lowest BCUT2D eigenvalue weighted by molar-refractivity contribution is -0.136. The van der Waals surface area contributed by atoms with Gasteiger partial charge in [0.2, 0.25) is 0 Å². The fourth-order valence-corrected chi connectivity index (χ4v) is 1.75. The van der Waals surface area contributed by atoms with E-state index in [1.807, 2.05) is 0 Å². The number of nitrogens with one attached hydrogen (secondary N) is 2. The highest BCUT2D eigenvalue weighted by Crippen LogP contribution is 2.01. The van der Waals surface area contributed by atoms with Crippen LogP contribution < -0.4 is 10.6 Å². The summed E-state index contributed by atoms with van der Waals surface area (Å²) in [5.74, 6) is -1.28. The molecule has 2 N–H and O–H groups in total. The van der Waals surface area contributed by atoms with Gasteiger partial charge in [-0.25, -0.2) is 0 Å². The van der Waals surface area contributed by atoms with Crippen LogP contribution in [0.25, 0.3) is 0 Å². The highest BCUT2D eigenvalue weighted by molar-refractivity contribution is 6.39. The number of amides is 2. The van der Waals surface area contributed by atoms with Gasteiger partial charge in [-0.15, -0.1) is 0 Å². The van der Waals surface area contributed by atoms with E-state index < -0.39 is 11.8 Å². The molecule has 0 spiro atoms. The maximum absolute atomic E-state index is 11.6. The number of aromatic nitrogens is 1. The molecule has 0 aromatic carbocycles. The largest absolute Gasteiger partial charge is 0.348 e. The topological polar surface area (TPSA) is 74.3 Å². The second kappa shape index (κ2) is 9.03. The molecule has 1 heterocycles. The Labute approximate surface area is 119 Å². The van der Waals surface area contributed by atoms with Crippen molar-refractivity contribution in [2.45, 2.75) is 20.3 Å². The highest BCUT2D eigenvalue weighted by Gasteiger charge is 2.12. The van der Waals surface area contributed by atoms with Crippen LogP contribution in [0.1, 0.15) is 20.3 Å². The van der Waals surface area contributed by atoms with Crippen LogP contribution in [0.15, 0.2) is 24.5 Å². The summed E-state index contributed by atoms with van der Waals surface area (Å²) < 4.78 is 0. The standard InChI is InChI=1S/C14H22N4O2/c1-3-18(4-2)10-6-9-16-13(19)14(20)17-12-7-5-8-15-11-12/h5,7-8,11H,3-4,6,9-10H2,1-2H3,(H,16,19)(H,17,20). The second-order valence-electron chi connectivity index (χ2n) is 4.33. The zero-order valence-electron chi connectivity index (χ0n) is 12.1. The van der Waals surface area contributed by atoms with Crippen LogP contribution in [0.5, 0.6) is 0 Å². The maximum Gasteiger partial charge on any atom is 0.313 e. The minimum Gasteiger partial charge on any atom is -0.348 e. The van der Waals surface area contributed by atoms with Crippen molar-refractivity contribution in [1.82, 2.24) is 15.2 Å². The summed E-state index contributed by atoms with van der Waals surface area (Å²) in [6, 6.07) is 3.37. The van der Waals surface area contributed by atoms with E-state index in [-0.39, 0.29) is 0 Å². The predicted octanol–water partition coefficient (Wildman–Crippen LogP) is 0.868. The van der Waals surface area contributed by atoms with E-state index in [0.29, 0.717) is 12.2 Å². The van der Waals surface area contributed by atoms with Crippen LogP contribution >= 0.6 is 0 Å². The fraction of sp³-hybridized carbons (Fsp3) is 0.500. The van der Waals surface area contributed by atoms with Gasteiger partial charge in [-0.05, 0) is 38.2 Å². The lowest BCUT2D eigenvalue weighted by Gasteiger charge is -2.17. The summed E-state index contributed by atoms with van der Waals surface area (Å²) in [7, 11) is 0. The number of hydrogen-bond acceptors (Lipinski definition) is 4. The third kappa shape index (κ3) is 5.79. The molecule has 6 heteroatoms. The molecule has 1 aromatic rings. The SMILES string of the molecule is CCN(CC)CCCNC(=O)C(=O)Nc1cccnc1. The predicted molar refractivity (Wildman–Crippen MR) is 78.3 cm³/mol. The first-order valence-corrected chi connectivity index (χ1v) is 6.89. The monoisotopic (exact) mass is 278 g/mol. The average Bonchev–Trinajstić information content (AvgIpc) is 2.48. The van der Waals surface area contributed by atoms with Gasteiger partial charge >= 0.3 is 11.8 Å². The van der Waals surface area contributed by atoms with Crippen molar-refractivity contribution in [3.63, 3.8) is 0 Å². The molecule has 0 bridgehead atoms. The Morgan fingerprint density at radius 3 is 2.60 bits per heavy atom. The third-order valence-electron chi connectivity index (χ3n) is 2.96. The Morgan fingerprint density at radius 2 is 2.00 bits per heavy atom. The van der Waals surface area contributed by atoms with E-state index in [0.717, 1.165) is 26.1 Å². The first-order chi connectivity index (χ1) is 9.67. The van der Waals surface area contributed by atoms with Gasteiger partial charge in [-0.3, -0.25) is 14.6 Å². The van der Waals surface area contributed by atoms with E-state index in [1.165, 1.54) is 6.20 Å².